The minimum Gasteiger partial charge on any atom is -0.359 e. The van der Waals surface area contributed by atoms with Gasteiger partial charge in [-0.1, -0.05) is 11.2 Å². The van der Waals surface area contributed by atoms with Gasteiger partial charge in [0.2, 0.25) is 0 Å². The van der Waals surface area contributed by atoms with E-state index >= 15 is 0 Å². The van der Waals surface area contributed by atoms with Gasteiger partial charge in [0.1, 0.15) is 0 Å². The Labute approximate surface area is 109 Å². The first kappa shape index (κ1) is 11.6. The summed E-state index contributed by atoms with van der Waals surface area (Å²) in [6, 6.07) is 5.39. The second-order valence-electron chi connectivity index (χ2n) is 4.68. The minimum atomic E-state index is -0.514. The molecule has 96 valence electrons. The summed E-state index contributed by atoms with van der Waals surface area (Å²) in [5.74, 6) is -0.421. The molecule has 0 spiro atoms. The average Bonchev–Trinajstić information content (AvgIpc) is 2.93. The van der Waals surface area contributed by atoms with E-state index in [0.29, 0.717) is 17.0 Å². The number of nitrogens with zero attached hydrogens (tertiary/aromatic N) is 2. The maximum atomic E-state index is 12.1. The summed E-state index contributed by atoms with van der Waals surface area (Å²) in [5, 5.41) is 3.60. The van der Waals surface area contributed by atoms with Gasteiger partial charge in [0.15, 0.2) is 5.76 Å². The zero-order valence-corrected chi connectivity index (χ0v) is 10.6. The topological polar surface area (TPSA) is 63.4 Å². The number of hydrogen-bond acceptors (Lipinski definition) is 4. The second kappa shape index (κ2) is 4.05. The van der Waals surface area contributed by atoms with Crippen molar-refractivity contribution in [1.29, 1.82) is 0 Å². The van der Waals surface area contributed by atoms with Crippen LogP contribution >= 0.6 is 0 Å². The van der Waals surface area contributed by atoms with Gasteiger partial charge in [0.25, 0.3) is 11.7 Å². The average molecular weight is 256 g/mol. The van der Waals surface area contributed by atoms with Crippen LogP contribution in [0.15, 0.2) is 28.9 Å². The van der Waals surface area contributed by atoms with Crippen molar-refractivity contribution in [3.8, 4) is 0 Å². The molecule has 0 N–H and O–H groups in total. The molecule has 0 bridgehead atoms. The predicted octanol–water partition coefficient (Wildman–Crippen LogP) is 2.02. The Balaban J connectivity index is 2.09. The van der Waals surface area contributed by atoms with Crippen LogP contribution in [0.2, 0.25) is 0 Å². The van der Waals surface area contributed by atoms with E-state index in [4.69, 9.17) is 4.52 Å². The Morgan fingerprint density at radius 2 is 2.05 bits per heavy atom. The van der Waals surface area contributed by atoms with Crippen LogP contribution in [0, 0.1) is 13.8 Å². The van der Waals surface area contributed by atoms with Crippen molar-refractivity contribution in [2.24, 2.45) is 0 Å². The van der Waals surface area contributed by atoms with E-state index in [1.165, 1.54) is 11.1 Å². The molecule has 1 aromatic heterocycles. The number of fused-ring (bicyclic) bond motifs is 1. The highest BCUT2D eigenvalue weighted by atomic mass is 16.5. The molecule has 2 aromatic rings. The lowest BCUT2D eigenvalue weighted by Gasteiger charge is -2.17. The number of ketones is 1. The molecule has 0 atom stereocenters. The van der Waals surface area contributed by atoms with Crippen LogP contribution < -0.4 is 4.90 Å². The fourth-order valence-corrected chi connectivity index (χ4v) is 2.46. The Kier molecular flexibility index (Phi) is 2.48. The van der Waals surface area contributed by atoms with Gasteiger partial charge in [-0.2, -0.15) is 0 Å². The van der Waals surface area contributed by atoms with Gasteiger partial charge in [-0.3, -0.25) is 14.5 Å². The highest BCUT2D eigenvalue weighted by molar-refractivity contribution is 6.52. The van der Waals surface area contributed by atoms with Crippen LogP contribution in [0.4, 0.5) is 5.69 Å². The van der Waals surface area contributed by atoms with Gasteiger partial charge in [0.05, 0.1) is 24.0 Å². The van der Waals surface area contributed by atoms with Crippen molar-refractivity contribution in [3.63, 3.8) is 0 Å². The van der Waals surface area contributed by atoms with Gasteiger partial charge >= 0.3 is 0 Å². The van der Waals surface area contributed by atoms with Crippen molar-refractivity contribution in [3.05, 3.63) is 46.8 Å². The SMILES string of the molecule is Cc1cc(C)c2c(c1)C(=O)C(=O)N2Cc1ccno1. The number of benzene rings is 1. The summed E-state index contributed by atoms with van der Waals surface area (Å²) in [5.41, 5.74) is 3.03. The monoisotopic (exact) mass is 256 g/mol. The maximum absolute atomic E-state index is 12.1. The molecule has 1 amide bonds. The number of anilines is 1. The third kappa shape index (κ3) is 1.74. The van der Waals surface area contributed by atoms with Gasteiger partial charge in [0, 0.05) is 6.07 Å². The fraction of sp³-hybridized carbons (Fsp3) is 0.214. The van der Waals surface area contributed by atoms with Crippen LogP contribution in [0.3, 0.4) is 0 Å². The highest BCUT2D eigenvalue weighted by Gasteiger charge is 2.37. The highest BCUT2D eigenvalue weighted by Crippen LogP contribution is 2.34. The molecule has 1 aliphatic heterocycles. The van der Waals surface area contributed by atoms with Crippen molar-refractivity contribution in [2.45, 2.75) is 20.4 Å². The molecule has 0 aliphatic carbocycles. The molecular formula is C14H12N2O3. The molecule has 0 saturated carbocycles. The molecule has 5 heteroatoms. The number of aryl methyl sites for hydroxylation is 2. The summed E-state index contributed by atoms with van der Waals surface area (Å²) < 4.78 is 5.00. The number of amides is 1. The van der Waals surface area contributed by atoms with E-state index in [9.17, 15) is 9.59 Å². The fourth-order valence-electron chi connectivity index (χ4n) is 2.46. The largest absolute Gasteiger partial charge is 0.359 e. The molecule has 19 heavy (non-hydrogen) atoms. The summed E-state index contributed by atoms with van der Waals surface area (Å²) in [6.45, 7) is 4.02. The van der Waals surface area contributed by atoms with Crippen LogP contribution in [0.25, 0.3) is 0 Å². The number of Topliss-reactive ketones (excluding diaryl/α,β-unsaturated/α-hetero) is 1. The zero-order valence-electron chi connectivity index (χ0n) is 10.6. The molecule has 3 rings (SSSR count). The number of hydrogen-bond donors (Lipinski definition) is 0. The standard InChI is InChI=1S/C14H12N2O3/c1-8-5-9(2)12-11(6-8)13(17)14(18)16(12)7-10-3-4-15-19-10/h3-6H,7H2,1-2H3. The number of aromatic nitrogens is 1. The number of carbonyl (C=O) groups excluding carboxylic acids is 2. The molecule has 1 aromatic carbocycles. The van der Waals surface area contributed by atoms with E-state index in [-0.39, 0.29) is 6.54 Å². The smallest absolute Gasteiger partial charge is 0.299 e. The second-order valence-corrected chi connectivity index (χ2v) is 4.68. The predicted molar refractivity (Wildman–Crippen MR) is 67.9 cm³/mol. The molecule has 0 saturated heterocycles. The lowest BCUT2D eigenvalue weighted by atomic mass is 10.0. The zero-order chi connectivity index (χ0) is 13.6. The molecule has 5 nitrogen and oxygen atoms in total. The lowest BCUT2D eigenvalue weighted by Crippen LogP contribution is -2.29. The molecular weight excluding hydrogens is 244 g/mol. The van der Waals surface area contributed by atoms with E-state index in [0.717, 1.165) is 11.1 Å². The first-order chi connectivity index (χ1) is 9.08. The molecule has 1 aliphatic rings. The Morgan fingerprint density at radius 1 is 1.26 bits per heavy atom. The van der Waals surface area contributed by atoms with E-state index < -0.39 is 11.7 Å². The minimum absolute atomic E-state index is 0.224. The first-order valence-electron chi connectivity index (χ1n) is 5.95. The molecule has 2 heterocycles. The van der Waals surface area contributed by atoms with E-state index in [1.807, 2.05) is 19.9 Å². The number of rotatable bonds is 2. The normalized spacial score (nSPS) is 14.1. The maximum Gasteiger partial charge on any atom is 0.299 e. The van der Waals surface area contributed by atoms with Crippen molar-refractivity contribution < 1.29 is 14.1 Å². The summed E-state index contributed by atoms with van der Waals surface area (Å²) >= 11 is 0. The molecule has 0 fully saturated rings. The van der Waals surface area contributed by atoms with Crippen LogP contribution in [0.5, 0.6) is 0 Å². The van der Waals surface area contributed by atoms with Crippen LogP contribution in [-0.2, 0) is 11.3 Å². The number of carbonyl (C=O) groups is 2. The third-order valence-corrected chi connectivity index (χ3v) is 3.20. The van der Waals surface area contributed by atoms with Crippen molar-refractivity contribution in [1.82, 2.24) is 5.16 Å². The molecule has 0 unspecified atom stereocenters. The van der Waals surface area contributed by atoms with Crippen LogP contribution in [0.1, 0.15) is 27.2 Å². The Hall–Kier alpha value is -2.43. The quantitative estimate of drug-likeness (QED) is 0.771. The van der Waals surface area contributed by atoms with Gasteiger partial charge < -0.3 is 4.52 Å². The van der Waals surface area contributed by atoms with Gasteiger partial charge in [-0.05, 0) is 31.0 Å². The summed E-state index contributed by atoms with van der Waals surface area (Å²) in [7, 11) is 0. The molecule has 0 radical (unpaired) electrons. The Bertz CT molecular complexity index is 674. The lowest BCUT2D eigenvalue weighted by molar-refractivity contribution is -0.114. The van der Waals surface area contributed by atoms with Crippen LogP contribution in [-0.4, -0.2) is 16.8 Å². The third-order valence-electron chi connectivity index (χ3n) is 3.20. The van der Waals surface area contributed by atoms with Crippen molar-refractivity contribution >= 4 is 17.4 Å². The Morgan fingerprint density at radius 3 is 2.74 bits per heavy atom. The van der Waals surface area contributed by atoms with Gasteiger partial charge in [-0.25, -0.2) is 0 Å². The summed E-state index contributed by atoms with van der Waals surface area (Å²) in [4.78, 5) is 25.5. The van der Waals surface area contributed by atoms with Crippen molar-refractivity contribution in [2.75, 3.05) is 4.90 Å². The first-order valence-corrected chi connectivity index (χ1v) is 5.95. The van der Waals surface area contributed by atoms with E-state index in [1.54, 1.807) is 12.1 Å². The van der Waals surface area contributed by atoms with Gasteiger partial charge in [-0.15, -0.1) is 0 Å². The van der Waals surface area contributed by atoms with E-state index in [2.05, 4.69) is 5.16 Å². The summed E-state index contributed by atoms with van der Waals surface area (Å²) in [6.07, 6.45) is 1.51.